The van der Waals surface area contributed by atoms with E-state index in [9.17, 15) is 10.1 Å². The van der Waals surface area contributed by atoms with Crippen LogP contribution in [0.4, 0.5) is 11.5 Å². The number of pyridine rings is 1. The first-order valence-corrected chi connectivity index (χ1v) is 6.24. The van der Waals surface area contributed by atoms with Crippen LogP contribution in [0.3, 0.4) is 0 Å². The third kappa shape index (κ3) is 2.48. The van der Waals surface area contributed by atoms with Crippen LogP contribution in [0.15, 0.2) is 48.7 Å². The van der Waals surface area contributed by atoms with Crippen LogP contribution < -0.4 is 10.5 Å². The lowest BCUT2D eigenvalue weighted by Gasteiger charge is -2.04. The molecule has 0 saturated carbocycles. The van der Waals surface area contributed by atoms with E-state index in [1.165, 1.54) is 4.40 Å². The molecule has 0 amide bonds. The second-order valence-electron chi connectivity index (χ2n) is 4.43. The van der Waals surface area contributed by atoms with Crippen LogP contribution >= 0.6 is 0 Å². The monoisotopic (exact) mass is 284 g/mol. The zero-order valence-electron chi connectivity index (χ0n) is 11.0. The molecular weight excluding hydrogens is 272 g/mol. The van der Waals surface area contributed by atoms with Crippen LogP contribution in [-0.4, -0.2) is 14.3 Å². The summed E-state index contributed by atoms with van der Waals surface area (Å²) in [5.41, 5.74) is 7.01. The summed E-state index contributed by atoms with van der Waals surface area (Å²) in [6.45, 7) is 0.0158. The van der Waals surface area contributed by atoms with Crippen molar-refractivity contribution in [3.63, 3.8) is 0 Å². The average molecular weight is 284 g/mol. The predicted octanol–water partition coefficient (Wildman–Crippen LogP) is 2.40. The normalized spacial score (nSPS) is 10.7. The standard InChI is InChI=1S/C14H12N4O3/c15-10-4-6-11(7-5-10)21-9-12-14(18(19)20)17-8-2-1-3-13(17)16-12/h1-8H,9,15H2. The molecule has 1 aromatic carbocycles. The van der Waals surface area contributed by atoms with Crippen LogP contribution in [0, 0.1) is 10.1 Å². The summed E-state index contributed by atoms with van der Waals surface area (Å²) in [5, 5.41) is 11.2. The molecule has 0 aliphatic rings. The van der Waals surface area contributed by atoms with Gasteiger partial charge in [0.05, 0.1) is 6.20 Å². The second kappa shape index (κ2) is 5.12. The molecule has 0 spiro atoms. The molecule has 0 bridgehead atoms. The number of rotatable bonds is 4. The summed E-state index contributed by atoms with van der Waals surface area (Å²) in [5.74, 6) is 0.497. The molecule has 0 aliphatic heterocycles. The van der Waals surface area contributed by atoms with Crippen molar-refractivity contribution in [3.05, 3.63) is 64.5 Å². The molecule has 0 aliphatic carbocycles. The van der Waals surface area contributed by atoms with E-state index < -0.39 is 4.92 Å². The Morgan fingerprint density at radius 2 is 2.00 bits per heavy atom. The third-order valence-corrected chi connectivity index (χ3v) is 3.00. The van der Waals surface area contributed by atoms with Crippen molar-refractivity contribution in [3.8, 4) is 5.75 Å². The van der Waals surface area contributed by atoms with Crippen molar-refractivity contribution >= 4 is 17.2 Å². The fraction of sp³-hybridized carbons (Fsp3) is 0.0714. The second-order valence-corrected chi connectivity index (χ2v) is 4.43. The Kier molecular flexibility index (Phi) is 3.15. The molecule has 0 fully saturated rings. The van der Waals surface area contributed by atoms with E-state index in [2.05, 4.69) is 4.98 Å². The maximum atomic E-state index is 11.2. The van der Waals surface area contributed by atoms with Gasteiger partial charge in [-0.25, -0.2) is 4.98 Å². The molecule has 7 heteroatoms. The lowest BCUT2D eigenvalue weighted by atomic mass is 10.3. The number of fused-ring (bicyclic) bond motifs is 1. The molecule has 7 nitrogen and oxygen atoms in total. The van der Waals surface area contributed by atoms with Crippen molar-refractivity contribution in [1.82, 2.24) is 9.38 Å². The van der Waals surface area contributed by atoms with Crippen molar-refractivity contribution in [2.75, 3.05) is 5.73 Å². The molecule has 106 valence electrons. The van der Waals surface area contributed by atoms with Gasteiger partial charge in [-0.2, -0.15) is 4.40 Å². The van der Waals surface area contributed by atoms with Gasteiger partial charge in [0, 0.05) is 11.8 Å². The van der Waals surface area contributed by atoms with E-state index in [4.69, 9.17) is 10.5 Å². The van der Waals surface area contributed by atoms with Gasteiger partial charge < -0.3 is 20.6 Å². The topological polar surface area (TPSA) is 95.7 Å². The Labute approximate surface area is 119 Å². The average Bonchev–Trinajstić information content (AvgIpc) is 2.85. The highest BCUT2D eigenvalue weighted by Crippen LogP contribution is 2.22. The predicted molar refractivity (Wildman–Crippen MR) is 77.0 cm³/mol. The molecule has 0 radical (unpaired) electrons. The van der Waals surface area contributed by atoms with E-state index in [-0.39, 0.29) is 18.1 Å². The van der Waals surface area contributed by atoms with Gasteiger partial charge in [-0.3, -0.25) is 0 Å². The molecule has 2 N–H and O–H groups in total. The summed E-state index contributed by atoms with van der Waals surface area (Å²) >= 11 is 0. The number of hydrogen-bond acceptors (Lipinski definition) is 5. The van der Waals surface area contributed by atoms with Gasteiger partial charge in [0.15, 0.2) is 5.69 Å². The zero-order valence-corrected chi connectivity index (χ0v) is 11.0. The van der Waals surface area contributed by atoms with Crippen LogP contribution in [-0.2, 0) is 6.61 Å². The Balaban J connectivity index is 1.91. The number of nitro groups is 1. The first-order valence-electron chi connectivity index (χ1n) is 6.24. The number of nitrogens with zero attached hydrogens (tertiary/aromatic N) is 3. The Bertz CT molecular complexity index is 796. The van der Waals surface area contributed by atoms with Gasteiger partial charge in [-0.15, -0.1) is 0 Å². The fourth-order valence-corrected chi connectivity index (χ4v) is 2.04. The highest BCUT2D eigenvalue weighted by Gasteiger charge is 2.22. The maximum Gasteiger partial charge on any atom is 0.354 e. The summed E-state index contributed by atoms with van der Waals surface area (Å²) in [6, 6.07) is 12.0. The maximum absolute atomic E-state index is 11.2. The highest BCUT2D eigenvalue weighted by molar-refractivity contribution is 5.49. The Morgan fingerprint density at radius 3 is 2.71 bits per heavy atom. The molecule has 2 heterocycles. The quantitative estimate of drug-likeness (QED) is 0.451. The van der Waals surface area contributed by atoms with Gasteiger partial charge in [0.2, 0.25) is 5.65 Å². The van der Waals surface area contributed by atoms with Crippen LogP contribution in [0.1, 0.15) is 5.69 Å². The number of imidazole rings is 1. The summed E-state index contributed by atoms with van der Waals surface area (Å²) in [4.78, 5) is 15.0. The number of ether oxygens (including phenoxy) is 1. The number of anilines is 1. The Hall–Kier alpha value is -3.09. The first-order chi connectivity index (χ1) is 10.1. The summed E-state index contributed by atoms with van der Waals surface area (Å²) < 4.78 is 6.96. The summed E-state index contributed by atoms with van der Waals surface area (Å²) in [6.07, 6.45) is 1.60. The molecule has 2 aromatic heterocycles. The number of nitrogens with two attached hydrogens (primary N) is 1. The lowest BCUT2D eigenvalue weighted by molar-refractivity contribution is -0.391. The highest BCUT2D eigenvalue weighted by atomic mass is 16.6. The molecule has 0 atom stereocenters. The van der Waals surface area contributed by atoms with E-state index in [1.807, 2.05) is 0 Å². The zero-order chi connectivity index (χ0) is 14.8. The van der Waals surface area contributed by atoms with Crippen LogP contribution in [0.2, 0.25) is 0 Å². The minimum Gasteiger partial charge on any atom is -0.487 e. The van der Waals surface area contributed by atoms with Crippen molar-refractivity contribution < 1.29 is 9.66 Å². The van der Waals surface area contributed by atoms with Crippen molar-refractivity contribution in [2.24, 2.45) is 0 Å². The number of nitrogen functional groups attached to an aromatic ring is 1. The summed E-state index contributed by atoms with van der Waals surface area (Å²) in [7, 11) is 0. The minimum atomic E-state index is -0.457. The van der Waals surface area contributed by atoms with Crippen LogP contribution in [0.25, 0.3) is 5.65 Å². The fourth-order valence-electron chi connectivity index (χ4n) is 2.04. The Morgan fingerprint density at radius 1 is 1.24 bits per heavy atom. The molecule has 0 saturated heterocycles. The van der Waals surface area contributed by atoms with Gasteiger partial charge in [-0.05, 0) is 35.3 Å². The molecule has 0 unspecified atom stereocenters. The first kappa shape index (κ1) is 12.9. The van der Waals surface area contributed by atoms with Crippen LogP contribution in [0.5, 0.6) is 5.75 Å². The van der Waals surface area contributed by atoms with Gasteiger partial charge >= 0.3 is 5.82 Å². The number of hydrogen-bond donors (Lipinski definition) is 1. The molecule has 3 aromatic rings. The molecule has 3 rings (SSSR count). The number of benzene rings is 1. The molecule has 21 heavy (non-hydrogen) atoms. The molecular formula is C14H12N4O3. The van der Waals surface area contributed by atoms with Gasteiger partial charge in [0.1, 0.15) is 12.4 Å². The van der Waals surface area contributed by atoms with E-state index >= 15 is 0 Å². The van der Waals surface area contributed by atoms with Crippen molar-refractivity contribution in [2.45, 2.75) is 6.61 Å². The van der Waals surface area contributed by atoms with Gasteiger partial charge in [0.25, 0.3) is 0 Å². The van der Waals surface area contributed by atoms with Crippen molar-refractivity contribution in [1.29, 1.82) is 0 Å². The largest absolute Gasteiger partial charge is 0.487 e. The SMILES string of the molecule is Nc1ccc(OCc2nc3ccccn3c2[N+](=O)[O-])cc1. The van der Waals surface area contributed by atoms with E-state index in [1.54, 1.807) is 48.7 Å². The number of aromatic nitrogens is 2. The van der Waals surface area contributed by atoms with Gasteiger partial charge in [-0.1, -0.05) is 6.07 Å². The smallest absolute Gasteiger partial charge is 0.354 e. The minimum absolute atomic E-state index is 0.0158. The lowest BCUT2D eigenvalue weighted by Crippen LogP contribution is -2.01. The third-order valence-electron chi connectivity index (χ3n) is 3.00. The van der Waals surface area contributed by atoms with E-state index in [0.717, 1.165) is 0 Å². The van der Waals surface area contributed by atoms with E-state index in [0.29, 0.717) is 17.1 Å².